The third kappa shape index (κ3) is 2.41. The summed E-state index contributed by atoms with van der Waals surface area (Å²) in [6.07, 6.45) is 1.88. The van der Waals surface area contributed by atoms with Gasteiger partial charge in [0, 0.05) is 0 Å². The topological polar surface area (TPSA) is 55.4 Å². The number of hydrogen-bond acceptors (Lipinski definition) is 4. The van der Waals surface area contributed by atoms with Crippen LogP contribution in [0.15, 0.2) is 29.2 Å². The molecule has 1 fully saturated rings. The Labute approximate surface area is 126 Å². The van der Waals surface area contributed by atoms with E-state index in [1.165, 1.54) is 0 Å². The van der Waals surface area contributed by atoms with Crippen molar-refractivity contribution in [2.45, 2.75) is 55.0 Å². The molecular weight excluding hydrogens is 286 g/mol. The number of sulfone groups is 1. The zero-order valence-corrected chi connectivity index (χ0v) is 13.4. The zero-order chi connectivity index (χ0) is 15.1. The molecule has 0 saturated carbocycles. The van der Waals surface area contributed by atoms with Gasteiger partial charge in [0.25, 0.3) is 0 Å². The van der Waals surface area contributed by atoms with E-state index in [9.17, 15) is 8.42 Å². The first kappa shape index (κ1) is 15.0. The molecule has 1 atom stereocenters. The molecule has 2 aliphatic heterocycles. The summed E-state index contributed by atoms with van der Waals surface area (Å²) in [5, 5.41) is 3.27. The average Bonchev–Trinajstić information content (AvgIpc) is 2.46. The lowest BCUT2D eigenvalue weighted by Gasteiger charge is -2.43. The Bertz CT molecular complexity index is 618. The Kier molecular flexibility index (Phi) is 3.84. The summed E-state index contributed by atoms with van der Waals surface area (Å²) in [7, 11) is -3.29. The van der Waals surface area contributed by atoms with Gasteiger partial charge in [-0.1, -0.05) is 18.2 Å². The SMILES string of the molecule is CC(C)OC1CC2(CCNCC2)S(=O)(=O)c2ccccc21. The highest BCUT2D eigenvalue weighted by atomic mass is 32.2. The molecule has 1 spiro atoms. The Morgan fingerprint density at radius 3 is 2.57 bits per heavy atom. The molecule has 0 bridgehead atoms. The lowest BCUT2D eigenvalue weighted by molar-refractivity contribution is -0.0107. The molecule has 0 radical (unpaired) electrons. The Morgan fingerprint density at radius 2 is 1.90 bits per heavy atom. The predicted molar refractivity (Wildman–Crippen MR) is 82.0 cm³/mol. The van der Waals surface area contributed by atoms with E-state index in [4.69, 9.17) is 4.74 Å². The van der Waals surface area contributed by atoms with Crippen molar-refractivity contribution in [3.63, 3.8) is 0 Å². The molecule has 3 rings (SSSR count). The van der Waals surface area contributed by atoms with Crippen LogP contribution in [0.25, 0.3) is 0 Å². The molecule has 2 aliphatic rings. The molecule has 21 heavy (non-hydrogen) atoms. The fraction of sp³-hybridized carbons (Fsp3) is 0.625. The van der Waals surface area contributed by atoms with Gasteiger partial charge in [-0.15, -0.1) is 0 Å². The molecule has 116 valence electrons. The second-order valence-electron chi connectivity index (χ2n) is 6.35. The van der Waals surface area contributed by atoms with Gasteiger partial charge in [-0.2, -0.15) is 0 Å². The summed E-state index contributed by atoms with van der Waals surface area (Å²) in [5.41, 5.74) is 0.829. The van der Waals surface area contributed by atoms with E-state index >= 15 is 0 Å². The quantitative estimate of drug-likeness (QED) is 0.912. The molecule has 0 aliphatic carbocycles. The summed E-state index contributed by atoms with van der Waals surface area (Å²) in [6, 6.07) is 7.34. The number of fused-ring (bicyclic) bond motifs is 1. The predicted octanol–water partition coefficient (Wildman–Crippen LogP) is 2.45. The van der Waals surface area contributed by atoms with Crippen LogP contribution < -0.4 is 5.32 Å². The van der Waals surface area contributed by atoms with Gasteiger partial charge in [0.15, 0.2) is 9.84 Å². The van der Waals surface area contributed by atoms with Crippen LogP contribution in [0, 0.1) is 0 Å². The van der Waals surface area contributed by atoms with Crippen LogP contribution >= 0.6 is 0 Å². The zero-order valence-electron chi connectivity index (χ0n) is 12.6. The first-order valence-electron chi connectivity index (χ1n) is 7.66. The molecule has 5 heteroatoms. The fourth-order valence-corrected chi connectivity index (χ4v) is 5.93. The maximum atomic E-state index is 13.1. The van der Waals surface area contributed by atoms with Crippen molar-refractivity contribution in [3.8, 4) is 0 Å². The molecule has 0 amide bonds. The Hall–Kier alpha value is -0.910. The van der Waals surface area contributed by atoms with Gasteiger partial charge < -0.3 is 10.1 Å². The fourth-order valence-electron chi connectivity index (χ4n) is 3.59. The average molecular weight is 309 g/mol. The highest BCUT2D eigenvalue weighted by molar-refractivity contribution is 7.93. The molecular formula is C16H23NO3S. The monoisotopic (exact) mass is 309 g/mol. The number of piperidine rings is 1. The van der Waals surface area contributed by atoms with Crippen molar-refractivity contribution in [3.05, 3.63) is 29.8 Å². The Morgan fingerprint density at radius 1 is 1.24 bits per heavy atom. The second kappa shape index (κ2) is 5.38. The highest BCUT2D eigenvalue weighted by Gasteiger charge is 2.51. The number of nitrogens with one attached hydrogen (secondary N) is 1. The summed E-state index contributed by atoms with van der Waals surface area (Å²) < 4.78 is 31.7. The molecule has 0 aromatic heterocycles. The number of benzene rings is 1. The van der Waals surface area contributed by atoms with Crippen molar-refractivity contribution in [2.75, 3.05) is 13.1 Å². The highest BCUT2D eigenvalue weighted by Crippen LogP contribution is 2.48. The van der Waals surface area contributed by atoms with E-state index in [-0.39, 0.29) is 12.2 Å². The van der Waals surface area contributed by atoms with Gasteiger partial charge in [0.1, 0.15) is 0 Å². The smallest absolute Gasteiger partial charge is 0.184 e. The van der Waals surface area contributed by atoms with Crippen molar-refractivity contribution >= 4 is 9.84 Å². The van der Waals surface area contributed by atoms with Gasteiger partial charge in [0.05, 0.1) is 21.9 Å². The third-order valence-electron chi connectivity index (χ3n) is 4.63. The normalized spacial score (nSPS) is 26.7. The van der Waals surface area contributed by atoms with Crippen LogP contribution in [0.4, 0.5) is 0 Å². The summed E-state index contributed by atoms with van der Waals surface area (Å²) in [4.78, 5) is 0.476. The molecule has 2 heterocycles. The van der Waals surface area contributed by atoms with Gasteiger partial charge in [-0.25, -0.2) is 8.42 Å². The molecule has 1 aromatic rings. The lowest BCUT2D eigenvalue weighted by Crippen LogP contribution is -2.51. The lowest BCUT2D eigenvalue weighted by atomic mass is 9.87. The molecule has 4 nitrogen and oxygen atoms in total. The van der Waals surface area contributed by atoms with E-state index in [2.05, 4.69) is 5.32 Å². The maximum Gasteiger partial charge on any atom is 0.184 e. The third-order valence-corrected chi connectivity index (χ3v) is 7.30. The van der Waals surface area contributed by atoms with Gasteiger partial charge in [0.2, 0.25) is 0 Å². The van der Waals surface area contributed by atoms with E-state index in [0.717, 1.165) is 18.7 Å². The minimum atomic E-state index is -3.29. The minimum Gasteiger partial charge on any atom is -0.371 e. The van der Waals surface area contributed by atoms with Crippen molar-refractivity contribution in [1.29, 1.82) is 0 Å². The Balaban J connectivity index is 2.11. The summed E-state index contributed by atoms with van der Waals surface area (Å²) >= 11 is 0. The first-order chi connectivity index (χ1) is 9.96. The van der Waals surface area contributed by atoms with E-state index in [1.54, 1.807) is 6.07 Å². The van der Waals surface area contributed by atoms with E-state index in [0.29, 0.717) is 24.2 Å². The molecule has 1 unspecified atom stereocenters. The van der Waals surface area contributed by atoms with Gasteiger partial charge in [-0.3, -0.25) is 0 Å². The molecule has 1 N–H and O–H groups in total. The van der Waals surface area contributed by atoms with Crippen LogP contribution in [0.1, 0.15) is 44.8 Å². The minimum absolute atomic E-state index is 0.0858. The first-order valence-corrected chi connectivity index (χ1v) is 9.14. The molecule has 1 aromatic carbocycles. The van der Waals surface area contributed by atoms with Gasteiger partial charge >= 0.3 is 0 Å². The number of rotatable bonds is 2. The summed E-state index contributed by atoms with van der Waals surface area (Å²) in [5.74, 6) is 0. The largest absolute Gasteiger partial charge is 0.371 e. The van der Waals surface area contributed by atoms with Crippen LogP contribution in [-0.4, -0.2) is 32.4 Å². The summed E-state index contributed by atoms with van der Waals surface area (Å²) in [6.45, 7) is 5.52. The van der Waals surface area contributed by atoms with Crippen LogP contribution in [0.5, 0.6) is 0 Å². The van der Waals surface area contributed by atoms with Crippen LogP contribution in [-0.2, 0) is 14.6 Å². The van der Waals surface area contributed by atoms with E-state index in [1.807, 2.05) is 32.0 Å². The van der Waals surface area contributed by atoms with Gasteiger partial charge in [-0.05, 0) is 57.8 Å². The maximum absolute atomic E-state index is 13.1. The molecule has 1 saturated heterocycles. The van der Waals surface area contributed by atoms with E-state index < -0.39 is 14.6 Å². The number of hydrogen-bond donors (Lipinski definition) is 1. The van der Waals surface area contributed by atoms with Crippen LogP contribution in [0.2, 0.25) is 0 Å². The van der Waals surface area contributed by atoms with Crippen molar-refractivity contribution in [1.82, 2.24) is 5.32 Å². The number of ether oxygens (including phenoxy) is 1. The standard InChI is InChI=1S/C16H23NO3S/c1-12(2)20-14-11-16(7-9-17-10-8-16)21(18,19)15-6-4-3-5-13(14)15/h3-6,12,14,17H,7-11H2,1-2H3. The van der Waals surface area contributed by atoms with Crippen molar-refractivity contribution < 1.29 is 13.2 Å². The second-order valence-corrected chi connectivity index (χ2v) is 8.66. The van der Waals surface area contributed by atoms with Crippen LogP contribution in [0.3, 0.4) is 0 Å². The van der Waals surface area contributed by atoms with Crippen molar-refractivity contribution in [2.24, 2.45) is 0 Å².